The Labute approximate surface area is 187 Å². The van der Waals surface area contributed by atoms with Crippen molar-refractivity contribution < 1.29 is 40.9 Å². The van der Waals surface area contributed by atoms with Gasteiger partial charge in [0.1, 0.15) is 11.4 Å². The molecule has 1 atom stereocenters. The van der Waals surface area contributed by atoms with Gasteiger partial charge < -0.3 is 36.3 Å². The summed E-state index contributed by atoms with van der Waals surface area (Å²) in [7, 11) is 0. The summed E-state index contributed by atoms with van der Waals surface area (Å²) in [6.07, 6.45) is 4.34. The molecule has 5 rings (SSSR count). The molecule has 0 amide bonds. The van der Waals surface area contributed by atoms with E-state index in [4.69, 9.17) is 14.2 Å². The SMILES string of the molecule is CCOc1ccc(C2(O)CN(c3ccc4c(c3)OCO4)C3=[N+]2CCCCC3)cc1.[Br-]. The van der Waals surface area contributed by atoms with Crippen LogP contribution in [0, 0.1) is 0 Å². The van der Waals surface area contributed by atoms with Crippen LogP contribution in [0.3, 0.4) is 0 Å². The van der Waals surface area contributed by atoms with Crippen LogP contribution in [0.4, 0.5) is 5.69 Å². The predicted octanol–water partition coefficient (Wildman–Crippen LogP) is 0.468. The second kappa shape index (κ2) is 8.47. The van der Waals surface area contributed by atoms with Crippen LogP contribution < -0.4 is 36.1 Å². The molecule has 1 N–H and O–H groups in total. The third-order valence-electron chi connectivity index (χ3n) is 6.03. The molecule has 0 spiro atoms. The number of rotatable bonds is 4. The number of halogens is 1. The lowest BCUT2D eigenvalue weighted by Crippen LogP contribution is -3.00. The van der Waals surface area contributed by atoms with Crippen LogP contribution in [0.2, 0.25) is 0 Å². The van der Waals surface area contributed by atoms with Gasteiger partial charge in [0.15, 0.2) is 18.0 Å². The molecule has 3 heterocycles. The highest BCUT2D eigenvalue weighted by molar-refractivity contribution is 5.96. The fourth-order valence-corrected chi connectivity index (χ4v) is 4.60. The zero-order valence-electron chi connectivity index (χ0n) is 17.1. The summed E-state index contributed by atoms with van der Waals surface area (Å²) in [6, 6.07) is 13.9. The summed E-state index contributed by atoms with van der Waals surface area (Å²) in [5.74, 6) is 3.54. The quantitative estimate of drug-likeness (QED) is 0.652. The molecule has 6 nitrogen and oxygen atoms in total. The number of benzene rings is 2. The second-order valence-electron chi connectivity index (χ2n) is 7.78. The van der Waals surface area contributed by atoms with Gasteiger partial charge in [-0.2, -0.15) is 0 Å². The molecule has 0 radical (unpaired) electrons. The number of nitrogens with zero attached hydrogens (tertiary/aromatic N) is 2. The number of hydrogen-bond acceptors (Lipinski definition) is 5. The molecule has 0 aromatic heterocycles. The Kier molecular flexibility index (Phi) is 5.93. The van der Waals surface area contributed by atoms with E-state index in [1.807, 2.05) is 49.4 Å². The van der Waals surface area contributed by atoms with E-state index in [1.54, 1.807) is 0 Å². The van der Waals surface area contributed by atoms with Crippen LogP contribution in [-0.2, 0) is 5.72 Å². The van der Waals surface area contributed by atoms with Crippen molar-refractivity contribution in [3.8, 4) is 17.2 Å². The summed E-state index contributed by atoms with van der Waals surface area (Å²) < 4.78 is 18.8. The van der Waals surface area contributed by atoms with E-state index in [0.29, 0.717) is 13.2 Å². The second-order valence-corrected chi connectivity index (χ2v) is 7.78. The maximum Gasteiger partial charge on any atom is 0.271 e. The average molecular weight is 475 g/mol. The largest absolute Gasteiger partial charge is 1.00 e. The third kappa shape index (κ3) is 3.54. The van der Waals surface area contributed by atoms with Crippen molar-refractivity contribution in [1.82, 2.24) is 0 Å². The maximum absolute atomic E-state index is 11.9. The number of fused-ring (bicyclic) bond motifs is 1. The lowest BCUT2D eigenvalue weighted by atomic mass is 10.0. The van der Waals surface area contributed by atoms with Crippen molar-refractivity contribution in [2.75, 3.05) is 31.4 Å². The summed E-state index contributed by atoms with van der Waals surface area (Å²) in [5, 5.41) is 11.9. The van der Waals surface area contributed by atoms with Crippen LogP contribution in [0.15, 0.2) is 42.5 Å². The van der Waals surface area contributed by atoms with Gasteiger partial charge in [-0.25, -0.2) is 9.48 Å². The van der Waals surface area contributed by atoms with Crippen molar-refractivity contribution >= 4 is 11.5 Å². The molecule has 0 saturated heterocycles. The number of amidine groups is 1. The highest BCUT2D eigenvalue weighted by atomic mass is 79.9. The fourth-order valence-electron chi connectivity index (χ4n) is 4.60. The number of anilines is 1. The van der Waals surface area contributed by atoms with Gasteiger partial charge in [0.05, 0.1) is 13.2 Å². The van der Waals surface area contributed by atoms with Crippen molar-refractivity contribution in [3.05, 3.63) is 48.0 Å². The summed E-state index contributed by atoms with van der Waals surface area (Å²) >= 11 is 0. The van der Waals surface area contributed by atoms with Gasteiger partial charge in [-0.1, -0.05) is 0 Å². The molecule has 3 aliphatic heterocycles. The third-order valence-corrected chi connectivity index (χ3v) is 6.03. The summed E-state index contributed by atoms with van der Waals surface area (Å²) in [6.45, 7) is 4.19. The molecule has 0 fully saturated rings. The van der Waals surface area contributed by atoms with Crippen LogP contribution >= 0.6 is 0 Å². The van der Waals surface area contributed by atoms with Gasteiger partial charge in [0.25, 0.3) is 11.6 Å². The Bertz CT molecular complexity index is 947. The highest BCUT2D eigenvalue weighted by Crippen LogP contribution is 2.40. The van der Waals surface area contributed by atoms with E-state index in [0.717, 1.165) is 54.3 Å². The molecule has 7 heteroatoms. The minimum Gasteiger partial charge on any atom is -1.00 e. The molecule has 3 aliphatic rings. The van der Waals surface area contributed by atoms with Crippen LogP contribution in [0.25, 0.3) is 0 Å². The Morgan fingerprint density at radius 1 is 1.07 bits per heavy atom. The van der Waals surface area contributed by atoms with E-state index in [2.05, 4.69) is 9.48 Å². The van der Waals surface area contributed by atoms with Gasteiger partial charge in [-0.3, -0.25) is 0 Å². The maximum atomic E-state index is 11.9. The van der Waals surface area contributed by atoms with E-state index < -0.39 is 5.72 Å². The summed E-state index contributed by atoms with van der Waals surface area (Å²) in [4.78, 5) is 2.24. The van der Waals surface area contributed by atoms with Gasteiger partial charge in [0.2, 0.25) is 6.79 Å². The summed E-state index contributed by atoms with van der Waals surface area (Å²) in [5.41, 5.74) is 0.849. The minimum absolute atomic E-state index is 0. The molecular formula is C23H27BrN2O4. The Morgan fingerprint density at radius 3 is 2.67 bits per heavy atom. The smallest absolute Gasteiger partial charge is 0.271 e. The predicted molar refractivity (Wildman–Crippen MR) is 110 cm³/mol. The number of aliphatic hydroxyl groups is 1. The molecule has 2 aromatic carbocycles. The first-order chi connectivity index (χ1) is 14.2. The Morgan fingerprint density at radius 2 is 1.87 bits per heavy atom. The first kappa shape index (κ1) is 21.0. The van der Waals surface area contributed by atoms with Gasteiger partial charge in [-0.05, 0) is 62.6 Å². The van der Waals surface area contributed by atoms with E-state index >= 15 is 0 Å². The molecule has 1 unspecified atom stereocenters. The van der Waals surface area contributed by atoms with Crippen LogP contribution in [0.1, 0.15) is 38.2 Å². The first-order valence-corrected chi connectivity index (χ1v) is 10.5. The Hall–Kier alpha value is -2.25. The van der Waals surface area contributed by atoms with Gasteiger partial charge in [0, 0.05) is 18.1 Å². The number of β-amino-alcohol motifs (C(OH)–C–C–N with tert-alkyl or cyclic N) is 1. The number of hydrogen-bond donors (Lipinski definition) is 1. The van der Waals surface area contributed by atoms with Crippen molar-refractivity contribution in [2.45, 2.75) is 38.3 Å². The lowest BCUT2D eigenvalue weighted by Gasteiger charge is -2.23. The molecule has 160 valence electrons. The Balaban J connectivity index is 0.00000218. The highest BCUT2D eigenvalue weighted by Gasteiger charge is 2.52. The fraction of sp³-hybridized carbons (Fsp3) is 0.435. The van der Waals surface area contributed by atoms with E-state index in [1.165, 1.54) is 12.3 Å². The molecule has 0 bridgehead atoms. The standard InChI is InChI=1S/C23H27N2O4.BrH/c1-2-27-19-10-7-17(8-11-19)23(26)15-24(22-6-4-3-5-13-25(22)23)18-9-12-20-21(14-18)29-16-28-20;/h7-12,14,26H,2-6,13,15-16H2,1H3;1H/q+1;/p-1. The molecule has 0 aliphatic carbocycles. The lowest BCUT2D eigenvalue weighted by molar-refractivity contribution is -0.658. The molecule has 30 heavy (non-hydrogen) atoms. The van der Waals surface area contributed by atoms with Crippen molar-refractivity contribution in [1.29, 1.82) is 0 Å². The topological polar surface area (TPSA) is 54.2 Å². The molecule has 0 saturated carbocycles. The monoisotopic (exact) mass is 474 g/mol. The molecule has 2 aromatic rings. The van der Waals surface area contributed by atoms with Crippen LogP contribution in [-0.4, -0.2) is 42.0 Å². The zero-order valence-corrected chi connectivity index (χ0v) is 18.7. The van der Waals surface area contributed by atoms with Crippen LogP contribution in [0.5, 0.6) is 17.2 Å². The van der Waals surface area contributed by atoms with E-state index in [9.17, 15) is 5.11 Å². The minimum atomic E-state index is -1.07. The van der Waals surface area contributed by atoms with Gasteiger partial charge in [-0.15, -0.1) is 0 Å². The van der Waals surface area contributed by atoms with E-state index in [-0.39, 0.29) is 23.8 Å². The zero-order chi connectivity index (χ0) is 19.8. The normalized spacial score (nSPS) is 22.4. The number of ether oxygens (including phenoxy) is 3. The average Bonchev–Trinajstić information content (AvgIpc) is 3.22. The first-order valence-electron chi connectivity index (χ1n) is 10.5. The van der Waals surface area contributed by atoms with Crippen molar-refractivity contribution in [3.63, 3.8) is 0 Å². The van der Waals surface area contributed by atoms with Gasteiger partial charge >= 0.3 is 0 Å². The van der Waals surface area contributed by atoms with Crippen molar-refractivity contribution in [2.24, 2.45) is 0 Å². The molecular weight excluding hydrogens is 448 g/mol.